The number of carbonyl (C=O) groups excluding carboxylic acids is 2. The van der Waals surface area contributed by atoms with E-state index in [9.17, 15) is 28.8 Å². The number of aliphatic hydroxyl groups excluding tert-OH is 1. The topological polar surface area (TPSA) is 175 Å². The maximum Gasteiger partial charge on any atom is 0.406 e. The number of hydrogen-bond donors (Lipinski definition) is 3. The predicted octanol–water partition coefficient (Wildman–Crippen LogP) is 2.35. The molecule has 0 bridgehead atoms. The maximum absolute atomic E-state index is 13.6. The van der Waals surface area contributed by atoms with Crippen LogP contribution in [0.4, 0.5) is 0 Å². The average Bonchev–Trinajstić information content (AvgIpc) is 3.03. The minimum atomic E-state index is -4.27. The normalized spacial score (nSPS) is 23.4. The highest BCUT2D eigenvalue weighted by Gasteiger charge is 2.56. The number of ether oxygens (including phenoxy) is 2. The molecule has 1 aromatic rings. The van der Waals surface area contributed by atoms with Crippen molar-refractivity contribution in [2.45, 2.75) is 76.5 Å². The second-order valence-corrected chi connectivity index (χ2v) is 14.3. The van der Waals surface area contributed by atoms with Crippen LogP contribution < -0.4 is 16.3 Å². The van der Waals surface area contributed by atoms with Crippen molar-refractivity contribution < 1.29 is 37.8 Å². The van der Waals surface area contributed by atoms with Crippen LogP contribution in [0.2, 0.25) is 0 Å². The van der Waals surface area contributed by atoms with Crippen LogP contribution in [-0.4, -0.2) is 73.4 Å². The minimum Gasteiger partial charge on any atom is -0.462 e. The fourth-order valence-corrected chi connectivity index (χ4v) is 6.11. The zero-order valence-corrected chi connectivity index (χ0v) is 25.6. The highest BCUT2D eigenvalue weighted by atomic mass is 35.5. The summed E-state index contributed by atoms with van der Waals surface area (Å²) in [7, 11) is -4.27. The van der Waals surface area contributed by atoms with Crippen LogP contribution in [0.1, 0.15) is 47.8 Å². The number of aromatic nitrogens is 2. The Hall–Kier alpha value is -1.22. The molecule has 0 spiro atoms. The summed E-state index contributed by atoms with van der Waals surface area (Å²) in [6, 6.07) is -0.0827. The Kier molecular flexibility index (Phi) is 11.9. The summed E-state index contributed by atoms with van der Waals surface area (Å²) in [6.07, 6.45) is -3.73. The number of halogens is 2. The van der Waals surface area contributed by atoms with Crippen LogP contribution in [0.5, 0.6) is 0 Å². The lowest BCUT2D eigenvalue weighted by molar-refractivity contribution is -0.149. The number of esters is 1. The molecule has 1 aromatic heterocycles. The molecule has 2 heterocycles. The van der Waals surface area contributed by atoms with Crippen molar-refractivity contribution in [1.82, 2.24) is 14.6 Å². The van der Waals surface area contributed by atoms with Crippen LogP contribution in [-0.2, 0) is 32.7 Å². The first-order valence-corrected chi connectivity index (χ1v) is 15.2. The minimum absolute atomic E-state index is 0.102. The van der Waals surface area contributed by atoms with Gasteiger partial charge in [0.05, 0.1) is 19.3 Å². The van der Waals surface area contributed by atoms with E-state index < -0.39 is 71.9 Å². The summed E-state index contributed by atoms with van der Waals surface area (Å²) >= 11 is 13.6. The Morgan fingerprint density at radius 3 is 2.49 bits per heavy atom. The smallest absolute Gasteiger partial charge is 0.406 e. The number of alkyl halides is 2. The SMILES string of the molecule is CC(C)OC(=O)[C@H](C)N[P@@](=O)(OCCSC(=O)C(C)(C)C)OC[C@H]1O[C@@H](n2ccc(=O)[nH]c2=O)C(Cl)(Cl)[C@@H]1O. The van der Waals surface area contributed by atoms with Crippen molar-refractivity contribution >= 4 is 53.8 Å². The molecule has 222 valence electrons. The first-order chi connectivity index (χ1) is 17.9. The van der Waals surface area contributed by atoms with Gasteiger partial charge in [-0.2, -0.15) is 0 Å². The third-order valence-corrected chi connectivity index (χ3v) is 8.92. The Bertz CT molecular complexity index is 1190. The molecule has 1 fully saturated rings. The molecule has 3 N–H and O–H groups in total. The molecule has 2 rings (SSSR count). The van der Waals surface area contributed by atoms with Crippen LogP contribution in [0.15, 0.2) is 21.9 Å². The maximum atomic E-state index is 13.6. The van der Waals surface area contributed by atoms with Crippen molar-refractivity contribution in [3.05, 3.63) is 33.1 Å². The molecule has 0 radical (unpaired) electrons. The fourth-order valence-electron chi connectivity index (χ4n) is 3.13. The van der Waals surface area contributed by atoms with Gasteiger partial charge in [0, 0.05) is 23.4 Å². The van der Waals surface area contributed by atoms with E-state index in [0.717, 1.165) is 28.6 Å². The summed E-state index contributed by atoms with van der Waals surface area (Å²) in [5, 5.41) is 13.1. The van der Waals surface area contributed by atoms with Crippen molar-refractivity contribution in [3.63, 3.8) is 0 Å². The summed E-state index contributed by atoms with van der Waals surface area (Å²) < 4.78 is 34.1. The largest absolute Gasteiger partial charge is 0.462 e. The molecule has 1 aliphatic rings. The van der Waals surface area contributed by atoms with E-state index in [4.69, 9.17) is 41.7 Å². The predicted molar refractivity (Wildman–Crippen MR) is 146 cm³/mol. The number of thioether (sulfide) groups is 1. The number of aliphatic hydroxyl groups is 1. The van der Waals surface area contributed by atoms with E-state index in [1.54, 1.807) is 34.6 Å². The Morgan fingerprint density at radius 2 is 1.92 bits per heavy atom. The quantitative estimate of drug-likeness (QED) is 0.133. The van der Waals surface area contributed by atoms with Gasteiger partial charge in [-0.15, -0.1) is 0 Å². The molecular formula is C22H34Cl2N3O10PS. The lowest BCUT2D eigenvalue weighted by Crippen LogP contribution is -2.41. The van der Waals surface area contributed by atoms with E-state index >= 15 is 0 Å². The monoisotopic (exact) mass is 633 g/mol. The van der Waals surface area contributed by atoms with E-state index in [1.807, 2.05) is 4.98 Å². The number of aromatic amines is 1. The second kappa shape index (κ2) is 13.6. The molecule has 0 saturated carbocycles. The van der Waals surface area contributed by atoms with Crippen LogP contribution in [0, 0.1) is 5.41 Å². The van der Waals surface area contributed by atoms with Gasteiger partial charge >= 0.3 is 19.4 Å². The number of rotatable bonds is 12. The van der Waals surface area contributed by atoms with Gasteiger partial charge in [-0.3, -0.25) is 33.0 Å². The van der Waals surface area contributed by atoms with Gasteiger partial charge in [0.2, 0.25) is 0 Å². The van der Waals surface area contributed by atoms with Crippen LogP contribution >= 0.6 is 42.7 Å². The molecular weight excluding hydrogens is 600 g/mol. The summed E-state index contributed by atoms with van der Waals surface area (Å²) in [5.74, 6) is -0.577. The Morgan fingerprint density at radius 1 is 1.28 bits per heavy atom. The lowest BCUT2D eigenvalue weighted by Gasteiger charge is -2.25. The van der Waals surface area contributed by atoms with Crippen LogP contribution in [0.25, 0.3) is 0 Å². The standard InChI is InChI=1S/C22H34Cl2N3O10PS/c1-12(2)36-17(30)13(3)26-38(33,34-9-10-39-19(31)21(4,5)6)35-11-14-16(29)22(23,24)18(37-14)27-8-7-15(28)25-20(27)32/h7-8,12-14,16,18,29H,9-11H2,1-6H3,(H,26,33)(H,25,28,32)/t13-,14+,16+,18+,38+/m0/s1. The lowest BCUT2D eigenvalue weighted by atomic mass is 10.00. The Balaban J connectivity index is 2.16. The molecule has 17 heteroatoms. The molecule has 1 aliphatic heterocycles. The third-order valence-electron chi connectivity index (χ3n) is 5.14. The van der Waals surface area contributed by atoms with Gasteiger partial charge in [0.15, 0.2) is 15.7 Å². The van der Waals surface area contributed by atoms with Gasteiger partial charge in [-0.05, 0) is 20.8 Å². The zero-order chi connectivity index (χ0) is 29.8. The van der Waals surface area contributed by atoms with Crippen molar-refractivity contribution in [2.75, 3.05) is 19.0 Å². The summed E-state index contributed by atoms with van der Waals surface area (Å²) in [4.78, 5) is 50.1. The molecule has 0 aromatic carbocycles. The molecule has 0 unspecified atom stereocenters. The molecule has 39 heavy (non-hydrogen) atoms. The Labute approximate surface area is 239 Å². The summed E-state index contributed by atoms with van der Waals surface area (Å²) in [5.41, 5.74) is -2.14. The first-order valence-electron chi connectivity index (χ1n) is 11.9. The van der Waals surface area contributed by atoms with E-state index in [1.165, 1.54) is 6.92 Å². The average molecular weight is 634 g/mol. The summed E-state index contributed by atoms with van der Waals surface area (Å²) in [6.45, 7) is 9.18. The van der Waals surface area contributed by atoms with Gasteiger partial charge in [0.25, 0.3) is 5.56 Å². The number of carbonyl (C=O) groups is 2. The van der Waals surface area contributed by atoms with Crippen molar-refractivity contribution in [2.24, 2.45) is 5.41 Å². The number of H-pyrrole nitrogens is 1. The third kappa shape index (κ3) is 9.40. The van der Waals surface area contributed by atoms with E-state index in [2.05, 4.69) is 5.09 Å². The fraction of sp³-hybridized carbons (Fsp3) is 0.727. The van der Waals surface area contributed by atoms with Crippen LogP contribution in [0.3, 0.4) is 0 Å². The molecule has 5 atom stereocenters. The first kappa shape index (κ1) is 34.0. The molecule has 0 amide bonds. The number of nitrogens with one attached hydrogen (secondary N) is 2. The number of hydrogen-bond acceptors (Lipinski definition) is 11. The van der Waals surface area contributed by atoms with E-state index in [0.29, 0.717) is 0 Å². The van der Waals surface area contributed by atoms with Gasteiger partial charge in [-0.1, -0.05) is 55.7 Å². The molecule has 0 aliphatic carbocycles. The van der Waals surface area contributed by atoms with E-state index in [-0.39, 0.29) is 17.5 Å². The van der Waals surface area contributed by atoms with Crippen molar-refractivity contribution in [1.29, 1.82) is 0 Å². The second-order valence-electron chi connectivity index (χ2n) is 10.0. The van der Waals surface area contributed by atoms with Gasteiger partial charge in [-0.25, -0.2) is 14.4 Å². The van der Waals surface area contributed by atoms with Gasteiger partial charge < -0.3 is 14.6 Å². The number of nitrogens with zero attached hydrogens (tertiary/aromatic N) is 1. The van der Waals surface area contributed by atoms with Crippen molar-refractivity contribution in [3.8, 4) is 0 Å². The highest BCUT2D eigenvalue weighted by molar-refractivity contribution is 8.13. The molecule has 1 saturated heterocycles. The zero-order valence-electron chi connectivity index (χ0n) is 22.3. The van der Waals surface area contributed by atoms with Gasteiger partial charge in [0.1, 0.15) is 18.2 Å². The molecule has 13 nitrogen and oxygen atoms in total. The highest BCUT2D eigenvalue weighted by Crippen LogP contribution is 2.49.